The van der Waals surface area contributed by atoms with Gasteiger partial charge in [0.25, 0.3) is 5.56 Å². The summed E-state index contributed by atoms with van der Waals surface area (Å²) in [6.45, 7) is 0. The Bertz CT molecular complexity index is 2320. The van der Waals surface area contributed by atoms with Crippen LogP contribution in [-0.2, 0) is 0 Å². The van der Waals surface area contributed by atoms with Crippen LogP contribution >= 0.6 is 0 Å². The molecule has 2 nitrogen and oxygen atoms in total. The summed E-state index contributed by atoms with van der Waals surface area (Å²) in [5.74, 6) is 0. The van der Waals surface area contributed by atoms with Gasteiger partial charge in [-0.2, -0.15) is 0 Å². The van der Waals surface area contributed by atoms with Crippen LogP contribution in [0.2, 0.25) is 0 Å². The van der Waals surface area contributed by atoms with Crippen LogP contribution in [0, 0.1) is 0 Å². The highest BCUT2D eigenvalue weighted by atomic mass is 16.1. The molecular weight excluding hydrogens is 498 g/mol. The van der Waals surface area contributed by atoms with Crippen LogP contribution in [0.5, 0.6) is 0 Å². The van der Waals surface area contributed by atoms with Crippen molar-refractivity contribution in [1.82, 2.24) is 4.57 Å². The van der Waals surface area contributed by atoms with Gasteiger partial charge in [0.15, 0.2) is 0 Å². The normalized spacial score (nSPS) is 11.5. The van der Waals surface area contributed by atoms with Gasteiger partial charge in [-0.05, 0) is 73.5 Å². The van der Waals surface area contributed by atoms with Gasteiger partial charge in [-0.15, -0.1) is 0 Å². The van der Waals surface area contributed by atoms with Crippen molar-refractivity contribution < 1.29 is 0 Å². The molecule has 0 aliphatic heterocycles. The molecule has 0 saturated heterocycles. The van der Waals surface area contributed by atoms with E-state index in [1.165, 1.54) is 27.5 Å². The molecule has 0 bridgehead atoms. The number of aromatic nitrogens is 1. The highest BCUT2D eigenvalue weighted by Gasteiger charge is 2.18. The second kappa shape index (κ2) is 9.32. The number of hydrogen-bond donors (Lipinski definition) is 0. The molecular formula is C39H25NO. The molecule has 0 aliphatic rings. The van der Waals surface area contributed by atoms with Crippen LogP contribution in [0.4, 0.5) is 0 Å². The lowest BCUT2D eigenvalue weighted by atomic mass is 9.86. The fraction of sp³-hybridized carbons (Fsp3) is 0. The van der Waals surface area contributed by atoms with Gasteiger partial charge in [0.1, 0.15) is 0 Å². The molecule has 0 aliphatic carbocycles. The summed E-state index contributed by atoms with van der Waals surface area (Å²) >= 11 is 0. The lowest BCUT2D eigenvalue weighted by Gasteiger charge is -2.19. The molecule has 1 heterocycles. The number of para-hydroxylation sites is 1. The van der Waals surface area contributed by atoms with Crippen molar-refractivity contribution in [2.45, 2.75) is 0 Å². The number of rotatable bonds is 3. The quantitative estimate of drug-likeness (QED) is 0.167. The van der Waals surface area contributed by atoms with Crippen LogP contribution in [0.1, 0.15) is 0 Å². The Hall–Kier alpha value is -5.47. The third kappa shape index (κ3) is 3.62. The summed E-state index contributed by atoms with van der Waals surface area (Å²) < 4.78 is 1.88. The fourth-order valence-electron chi connectivity index (χ4n) is 6.42. The van der Waals surface area contributed by atoms with Crippen LogP contribution in [0.25, 0.3) is 71.2 Å². The predicted octanol–water partition coefficient (Wildman–Crippen LogP) is 9.78. The summed E-state index contributed by atoms with van der Waals surface area (Å²) in [5, 5.41) is 7.45. The molecule has 0 atom stereocenters. The first-order valence-electron chi connectivity index (χ1n) is 13.9. The lowest BCUT2D eigenvalue weighted by Crippen LogP contribution is -2.19. The first-order chi connectivity index (χ1) is 20.3. The van der Waals surface area contributed by atoms with Gasteiger partial charge in [-0.1, -0.05) is 127 Å². The molecule has 0 saturated carbocycles. The molecule has 0 unspecified atom stereocenters. The van der Waals surface area contributed by atoms with Crippen molar-refractivity contribution in [1.29, 1.82) is 0 Å². The average molecular weight is 524 g/mol. The van der Waals surface area contributed by atoms with E-state index in [9.17, 15) is 4.79 Å². The summed E-state index contributed by atoms with van der Waals surface area (Å²) in [5.41, 5.74) is 6.46. The molecule has 8 rings (SSSR count). The van der Waals surface area contributed by atoms with Crippen LogP contribution in [0.15, 0.2) is 156 Å². The maximum atomic E-state index is 14.1. The first kappa shape index (κ1) is 23.4. The highest BCUT2D eigenvalue weighted by molar-refractivity contribution is 6.21. The van der Waals surface area contributed by atoms with E-state index in [1.54, 1.807) is 0 Å². The van der Waals surface area contributed by atoms with E-state index in [0.29, 0.717) is 0 Å². The first-order valence-corrected chi connectivity index (χ1v) is 13.9. The zero-order chi connectivity index (χ0) is 27.3. The molecule has 0 amide bonds. The van der Waals surface area contributed by atoms with Gasteiger partial charge in [-0.3, -0.25) is 9.36 Å². The van der Waals surface area contributed by atoms with Gasteiger partial charge in [0, 0.05) is 16.5 Å². The molecule has 41 heavy (non-hydrogen) atoms. The zero-order valence-electron chi connectivity index (χ0n) is 22.3. The largest absolute Gasteiger partial charge is 0.276 e. The third-order valence-electron chi connectivity index (χ3n) is 8.19. The maximum absolute atomic E-state index is 14.1. The minimum absolute atomic E-state index is 0.0102. The van der Waals surface area contributed by atoms with E-state index in [-0.39, 0.29) is 5.56 Å². The minimum Gasteiger partial charge on any atom is -0.276 e. The standard InChI is InChI=1S/C39H25NO/c41-39-34-21-10-7-17-29(34)30-18-11-12-22-36(30)40(39)28-23-24-33-35(25-28)38(27-15-5-2-6-16-27)32-20-9-8-19-31(32)37(33)26-13-3-1-4-14-26/h1-25H. The second-order valence-electron chi connectivity index (χ2n) is 10.5. The van der Waals surface area contributed by atoms with Gasteiger partial charge in [0.05, 0.1) is 5.52 Å². The Morgan fingerprint density at radius 1 is 0.366 bits per heavy atom. The molecule has 1 aromatic heterocycles. The highest BCUT2D eigenvalue weighted by Crippen LogP contribution is 2.44. The number of hydrogen-bond acceptors (Lipinski definition) is 1. The topological polar surface area (TPSA) is 22.0 Å². The molecule has 0 N–H and O–H groups in total. The summed E-state index contributed by atoms with van der Waals surface area (Å²) in [7, 11) is 0. The third-order valence-corrected chi connectivity index (χ3v) is 8.19. The molecule has 7 aromatic carbocycles. The molecule has 0 radical (unpaired) electrons. The maximum Gasteiger partial charge on any atom is 0.263 e. The Balaban J connectivity index is 1.56. The van der Waals surface area contributed by atoms with Crippen molar-refractivity contribution in [3.63, 3.8) is 0 Å². The predicted molar refractivity (Wildman–Crippen MR) is 173 cm³/mol. The van der Waals surface area contributed by atoms with Crippen molar-refractivity contribution in [3.05, 3.63) is 162 Å². The van der Waals surface area contributed by atoms with E-state index in [1.807, 2.05) is 47.0 Å². The summed E-state index contributed by atoms with van der Waals surface area (Å²) in [6, 6.07) is 52.4. The van der Waals surface area contributed by atoms with Crippen LogP contribution < -0.4 is 5.56 Å². The molecule has 0 spiro atoms. The van der Waals surface area contributed by atoms with Crippen molar-refractivity contribution >= 4 is 43.2 Å². The Kier molecular flexibility index (Phi) is 5.33. The zero-order valence-corrected chi connectivity index (χ0v) is 22.3. The SMILES string of the molecule is O=c1c2ccccc2c2ccccc2n1-c1ccc2c(-c3ccccc3)c3ccccc3c(-c3ccccc3)c2c1. The van der Waals surface area contributed by atoms with E-state index < -0.39 is 0 Å². The number of fused-ring (bicyclic) bond motifs is 5. The number of nitrogens with zero attached hydrogens (tertiary/aromatic N) is 1. The summed E-state index contributed by atoms with van der Waals surface area (Å²) in [4.78, 5) is 14.1. The Labute approximate surface area is 237 Å². The number of benzene rings is 7. The van der Waals surface area contributed by atoms with Crippen LogP contribution in [-0.4, -0.2) is 4.57 Å². The van der Waals surface area contributed by atoms with E-state index in [2.05, 4.69) is 109 Å². The molecule has 2 heteroatoms. The van der Waals surface area contributed by atoms with E-state index in [0.717, 1.165) is 43.7 Å². The molecule has 8 aromatic rings. The average Bonchev–Trinajstić information content (AvgIpc) is 3.04. The molecule has 0 fully saturated rings. The van der Waals surface area contributed by atoms with E-state index >= 15 is 0 Å². The Morgan fingerprint density at radius 2 is 0.829 bits per heavy atom. The van der Waals surface area contributed by atoms with Gasteiger partial charge < -0.3 is 0 Å². The Morgan fingerprint density at radius 3 is 1.46 bits per heavy atom. The lowest BCUT2D eigenvalue weighted by molar-refractivity contribution is 1.06. The van der Waals surface area contributed by atoms with Gasteiger partial charge >= 0.3 is 0 Å². The number of pyridine rings is 1. The minimum atomic E-state index is -0.0102. The smallest absolute Gasteiger partial charge is 0.263 e. The van der Waals surface area contributed by atoms with Gasteiger partial charge in [0.2, 0.25) is 0 Å². The van der Waals surface area contributed by atoms with Crippen molar-refractivity contribution in [2.24, 2.45) is 0 Å². The second-order valence-corrected chi connectivity index (χ2v) is 10.5. The fourth-order valence-corrected chi connectivity index (χ4v) is 6.42. The molecule has 192 valence electrons. The monoisotopic (exact) mass is 523 g/mol. The van der Waals surface area contributed by atoms with Gasteiger partial charge in [-0.25, -0.2) is 0 Å². The van der Waals surface area contributed by atoms with Crippen molar-refractivity contribution in [3.8, 4) is 27.9 Å². The summed E-state index contributed by atoms with van der Waals surface area (Å²) in [6.07, 6.45) is 0. The van der Waals surface area contributed by atoms with Crippen LogP contribution in [0.3, 0.4) is 0 Å². The van der Waals surface area contributed by atoms with E-state index in [4.69, 9.17) is 0 Å². The van der Waals surface area contributed by atoms with Crippen molar-refractivity contribution in [2.75, 3.05) is 0 Å².